The molecule has 1 unspecified atom stereocenters. The summed E-state index contributed by atoms with van der Waals surface area (Å²) in [6.07, 6.45) is 2.48. The van der Waals surface area contributed by atoms with Gasteiger partial charge in [-0.25, -0.2) is 8.42 Å². The Bertz CT molecular complexity index is 1070. The van der Waals surface area contributed by atoms with E-state index in [1.54, 1.807) is 0 Å². The number of carbonyl (C=O) groups is 1. The number of sulfone groups is 1. The van der Waals surface area contributed by atoms with E-state index >= 15 is 0 Å². The summed E-state index contributed by atoms with van der Waals surface area (Å²) < 4.78 is 25.7. The lowest BCUT2D eigenvalue weighted by Gasteiger charge is -2.28. The Labute approximate surface area is 188 Å². The third kappa shape index (κ3) is 4.98. The van der Waals surface area contributed by atoms with E-state index in [0.29, 0.717) is 11.6 Å². The van der Waals surface area contributed by atoms with Gasteiger partial charge < -0.3 is 9.47 Å². The van der Waals surface area contributed by atoms with Gasteiger partial charge in [0.25, 0.3) is 0 Å². The molecule has 1 saturated heterocycles. The van der Waals surface area contributed by atoms with Crippen molar-refractivity contribution < 1.29 is 13.2 Å². The Hall–Kier alpha value is -1.87. The lowest BCUT2D eigenvalue weighted by molar-refractivity contribution is -0.130. The van der Waals surface area contributed by atoms with E-state index in [1.165, 1.54) is 17.3 Å². The number of hydrogen-bond acceptors (Lipinski definition) is 6. The second-order valence-corrected chi connectivity index (χ2v) is 12.7. The fraction of sp³-hybridized carbons (Fsp3) is 0.591. The van der Waals surface area contributed by atoms with Crippen LogP contribution in [0.5, 0.6) is 0 Å². The summed E-state index contributed by atoms with van der Waals surface area (Å²) >= 11 is 1.36. The molecule has 2 heterocycles. The van der Waals surface area contributed by atoms with E-state index < -0.39 is 9.84 Å². The molecule has 1 saturated carbocycles. The van der Waals surface area contributed by atoms with Crippen LogP contribution >= 0.6 is 11.8 Å². The molecule has 1 amide bonds. The second kappa shape index (κ2) is 8.24. The monoisotopic (exact) mass is 462 g/mol. The van der Waals surface area contributed by atoms with Gasteiger partial charge in [0.05, 0.1) is 17.3 Å². The van der Waals surface area contributed by atoms with Gasteiger partial charge in [-0.05, 0) is 30.2 Å². The molecular formula is C22H30N4O3S2. The van der Waals surface area contributed by atoms with E-state index in [2.05, 4.69) is 55.2 Å². The van der Waals surface area contributed by atoms with Crippen molar-refractivity contribution >= 4 is 27.5 Å². The fourth-order valence-corrected chi connectivity index (χ4v) is 6.56. The standard InChI is InChI=1S/C22H30N4O3S2/c1-22(2,3)16-7-5-15(6-8-16)20-23-24-21(25(20)4)30-13-19(27)26(17-9-10-17)18-11-12-31(28,29)14-18/h5-8,17-18H,9-14H2,1-4H3. The largest absolute Gasteiger partial charge is 0.335 e. The van der Waals surface area contributed by atoms with Crippen molar-refractivity contribution in [2.45, 2.75) is 62.7 Å². The molecule has 0 spiro atoms. The fourth-order valence-electron chi connectivity index (χ4n) is 4.06. The number of benzene rings is 1. The van der Waals surface area contributed by atoms with Crippen LogP contribution in [-0.4, -0.2) is 63.3 Å². The van der Waals surface area contributed by atoms with Crippen LogP contribution in [0.15, 0.2) is 29.4 Å². The maximum atomic E-state index is 13.0. The number of rotatable bonds is 6. The Morgan fingerprint density at radius 2 is 1.81 bits per heavy atom. The minimum Gasteiger partial charge on any atom is -0.335 e. The van der Waals surface area contributed by atoms with Crippen LogP contribution in [0.3, 0.4) is 0 Å². The molecule has 0 bridgehead atoms. The first-order valence-electron chi connectivity index (χ1n) is 10.7. The van der Waals surface area contributed by atoms with Crippen molar-refractivity contribution in [2.24, 2.45) is 7.05 Å². The zero-order valence-electron chi connectivity index (χ0n) is 18.5. The molecule has 0 N–H and O–H groups in total. The molecule has 1 aromatic heterocycles. The molecule has 4 rings (SSSR count). The summed E-state index contributed by atoms with van der Waals surface area (Å²) in [6, 6.07) is 8.36. The van der Waals surface area contributed by atoms with Crippen LogP contribution in [-0.2, 0) is 27.1 Å². The van der Waals surface area contributed by atoms with Crippen LogP contribution in [0.4, 0.5) is 0 Å². The highest BCUT2D eigenvalue weighted by atomic mass is 32.2. The molecule has 31 heavy (non-hydrogen) atoms. The van der Waals surface area contributed by atoms with E-state index in [-0.39, 0.29) is 40.7 Å². The molecule has 1 atom stereocenters. The first-order chi connectivity index (χ1) is 14.5. The van der Waals surface area contributed by atoms with Gasteiger partial charge in [0.1, 0.15) is 0 Å². The molecule has 0 radical (unpaired) electrons. The molecule has 2 aliphatic rings. The third-order valence-electron chi connectivity index (χ3n) is 6.00. The highest BCUT2D eigenvalue weighted by Crippen LogP contribution is 2.33. The maximum absolute atomic E-state index is 13.0. The third-order valence-corrected chi connectivity index (χ3v) is 8.75. The molecule has 2 fully saturated rings. The second-order valence-electron chi connectivity index (χ2n) is 9.57. The summed E-state index contributed by atoms with van der Waals surface area (Å²) in [5.41, 5.74) is 2.33. The summed E-state index contributed by atoms with van der Waals surface area (Å²) in [5, 5.41) is 9.30. The Kier molecular flexibility index (Phi) is 5.93. The number of carbonyl (C=O) groups excluding carboxylic acids is 1. The van der Waals surface area contributed by atoms with Gasteiger partial charge >= 0.3 is 0 Å². The highest BCUT2D eigenvalue weighted by molar-refractivity contribution is 7.99. The van der Waals surface area contributed by atoms with Crippen LogP contribution in [0.25, 0.3) is 11.4 Å². The van der Waals surface area contributed by atoms with E-state index in [4.69, 9.17) is 0 Å². The zero-order chi connectivity index (χ0) is 22.4. The average molecular weight is 463 g/mol. The highest BCUT2D eigenvalue weighted by Gasteiger charge is 2.42. The summed E-state index contributed by atoms with van der Waals surface area (Å²) in [6.45, 7) is 6.55. The Morgan fingerprint density at radius 1 is 1.13 bits per heavy atom. The predicted octanol–water partition coefficient (Wildman–Crippen LogP) is 3.05. The van der Waals surface area contributed by atoms with Crippen LogP contribution in [0.1, 0.15) is 45.6 Å². The van der Waals surface area contributed by atoms with Crippen LogP contribution in [0, 0.1) is 0 Å². The van der Waals surface area contributed by atoms with Crippen molar-refractivity contribution in [3.05, 3.63) is 29.8 Å². The summed E-state index contributed by atoms with van der Waals surface area (Å²) in [4.78, 5) is 14.8. The average Bonchev–Trinajstić information content (AvgIpc) is 3.36. The minimum absolute atomic E-state index is 0.00585. The lowest BCUT2D eigenvalue weighted by atomic mass is 9.87. The van der Waals surface area contributed by atoms with Gasteiger partial charge in [0.15, 0.2) is 20.8 Å². The molecule has 9 heteroatoms. The normalized spacial score (nSPS) is 20.7. The number of nitrogens with zero attached hydrogens (tertiary/aromatic N) is 4. The number of thioether (sulfide) groups is 1. The van der Waals surface area contributed by atoms with Crippen LogP contribution < -0.4 is 0 Å². The van der Waals surface area contributed by atoms with Crippen molar-refractivity contribution in [3.63, 3.8) is 0 Å². The molecule has 1 aliphatic heterocycles. The Morgan fingerprint density at radius 3 is 2.35 bits per heavy atom. The number of aromatic nitrogens is 3. The molecule has 1 aliphatic carbocycles. The SMILES string of the molecule is Cn1c(SCC(=O)N(C2CC2)C2CCS(=O)(=O)C2)nnc1-c1ccc(C(C)(C)C)cc1. The predicted molar refractivity (Wildman–Crippen MR) is 123 cm³/mol. The minimum atomic E-state index is -3.02. The molecule has 168 valence electrons. The quantitative estimate of drug-likeness (QED) is 0.614. The topological polar surface area (TPSA) is 85.2 Å². The van der Waals surface area contributed by atoms with Crippen molar-refractivity contribution in [1.29, 1.82) is 0 Å². The van der Waals surface area contributed by atoms with Gasteiger partial charge in [-0.1, -0.05) is 56.8 Å². The van der Waals surface area contributed by atoms with Crippen LogP contribution in [0.2, 0.25) is 0 Å². The molecule has 7 nitrogen and oxygen atoms in total. The van der Waals surface area contributed by atoms with Gasteiger partial charge in [0.2, 0.25) is 5.91 Å². The van der Waals surface area contributed by atoms with Gasteiger partial charge in [-0.2, -0.15) is 0 Å². The first-order valence-corrected chi connectivity index (χ1v) is 13.5. The first kappa shape index (κ1) is 22.3. The van der Waals surface area contributed by atoms with Crippen molar-refractivity contribution in [2.75, 3.05) is 17.3 Å². The van der Waals surface area contributed by atoms with Crippen molar-refractivity contribution in [1.82, 2.24) is 19.7 Å². The van der Waals surface area contributed by atoms with E-state index in [0.717, 1.165) is 24.2 Å². The van der Waals surface area contributed by atoms with Crippen molar-refractivity contribution in [3.8, 4) is 11.4 Å². The van der Waals surface area contributed by atoms with Gasteiger partial charge in [-0.3, -0.25) is 4.79 Å². The lowest BCUT2D eigenvalue weighted by Crippen LogP contribution is -2.43. The number of hydrogen-bond donors (Lipinski definition) is 0. The summed E-state index contributed by atoms with van der Waals surface area (Å²) in [7, 11) is -1.12. The zero-order valence-corrected chi connectivity index (χ0v) is 20.2. The molecule has 1 aromatic carbocycles. The van der Waals surface area contributed by atoms with E-state index in [1.807, 2.05) is 16.5 Å². The summed E-state index contributed by atoms with van der Waals surface area (Å²) in [5.74, 6) is 1.27. The molecule has 2 aromatic rings. The van der Waals surface area contributed by atoms with Gasteiger partial charge in [0, 0.05) is 24.7 Å². The maximum Gasteiger partial charge on any atom is 0.233 e. The molecular weight excluding hydrogens is 432 g/mol. The Balaban J connectivity index is 1.43. The van der Waals surface area contributed by atoms with Gasteiger partial charge in [-0.15, -0.1) is 10.2 Å². The van der Waals surface area contributed by atoms with E-state index in [9.17, 15) is 13.2 Å². The smallest absolute Gasteiger partial charge is 0.233 e. The number of amides is 1.